The lowest BCUT2D eigenvalue weighted by atomic mass is 9.96. The van der Waals surface area contributed by atoms with E-state index in [1.807, 2.05) is 22.4 Å². The number of carbonyl (C=O) groups is 1. The van der Waals surface area contributed by atoms with Gasteiger partial charge in [0.1, 0.15) is 11.7 Å². The number of hydrogen-bond acceptors (Lipinski definition) is 5. The van der Waals surface area contributed by atoms with E-state index in [0.29, 0.717) is 12.2 Å². The molecule has 3 aromatic heterocycles. The van der Waals surface area contributed by atoms with E-state index >= 15 is 0 Å². The van der Waals surface area contributed by atoms with Crippen LogP contribution < -0.4 is 0 Å². The Morgan fingerprint density at radius 1 is 1.40 bits per heavy atom. The van der Waals surface area contributed by atoms with E-state index in [1.165, 1.54) is 0 Å². The van der Waals surface area contributed by atoms with E-state index in [9.17, 15) is 4.79 Å². The fraction of sp³-hybridized carbons (Fsp3) is 0.333. The van der Waals surface area contributed by atoms with Gasteiger partial charge in [-0.25, -0.2) is 9.97 Å². The van der Waals surface area contributed by atoms with Gasteiger partial charge in [-0.3, -0.25) is 9.78 Å². The quantitative estimate of drug-likeness (QED) is 0.782. The topological polar surface area (TPSA) is 74.8 Å². The van der Waals surface area contributed by atoms with Crippen LogP contribution in [0.1, 0.15) is 51.8 Å². The Labute approximate surface area is 150 Å². The molecule has 7 heteroatoms. The fourth-order valence-electron chi connectivity index (χ4n) is 3.26. The molecule has 0 fully saturated rings. The molecular weight excluding hydrogens is 334 g/mol. The van der Waals surface area contributed by atoms with Crippen molar-refractivity contribution in [3.8, 4) is 0 Å². The van der Waals surface area contributed by atoms with Gasteiger partial charge in [-0.05, 0) is 30.5 Å². The SMILES string of the molecule is CCCc1nc(C(=O)N2CCc3[nH]cnc3[C@@H]2c2ccncc2)cs1. The van der Waals surface area contributed by atoms with Gasteiger partial charge in [0, 0.05) is 36.4 Å². The van der Waals surface area contributed by atoms with E-state index in [-0.39, 0.29) is 11.9 Å². The number of hydrogen-bond donors (Lipinski definition) is 1. The van der Waals surface area contributed by atoms with E-state index in [2.05, 4.69) is 26.9 Å². The van der Waals surface area contributed by atoms with Crippen LogP contribution in [0.4, 0.5) is 0 Å². The van der Waals surface area contributed by atoms with Gasteiger partial charge in [0.25, 0.3) is 5.91 Å². The molecule has 0 spiro atoms. The molecule has 1 N–H and O–H groups in total. The van der Waals surface area contributed by atoms with Gasteiger partial charge < -0.3 is 9.88 Å². The summed E-state index contributed by atoms with van der Waals surface area (Å²) in [6.07, 6.45) is 7.92. The van der Waals surface area contributed by atoms with Crippen LogP contribution in [0.2, 0.25) is 0 Å². The zero-order chi connectivity index (χ0) is 17.2. The standard InChI is InChI=1S/C18H19N5OS/c1-2-3-15-22-14(10-25-15)18(24)23-9-6-13-16(21-11-20-13)17(23)12-4-7-19-8-5-12/h4-5,7-8,10-11,17H,2-3,6,9H2,1H3,(H,20,21)/t17-/m0/s1. The minimum atomic E-state index is -0.207. The van der Waals surface area contributed by atoms with Crippen molar-refractivity contribution in [1.82, 2.24) is 24.8 Å². The van der Waals surface area contributed by atoms with Gasteiger partial charge in [-0.15, -0.1) is 11.3 Å². The zero-order valence-corrected chi connectivity index (χ0v) is 14.8. The first-order valence-electron chi connectivity index (χ1n) is 8.45. The number of carbonyl (C=O) groups excluding carboxylic acids is 1. The van der Waals surface area contributed by atoms with Crippen molar-refractivity contribution in [3.63, 3.8) is 0 Å². The first kappa shape index (κ1) is 16.0. The largest absolute Gasteiger partial charge is 0.348 e. The Bertz CT molecular complexity index is 872. The first-order chi connectivity index (χ1) is 12.3. The summed E-state index contributed by atoms with van der Waals surface area (Å²) >= 11 is 1.56. The number of pyridine rings is 1. The molecule has 0 aliphatic carbocycles. The highest BCUT2D eigenvalue weighted by molar-refractivity contribution is 7.09. The minimum absolute atomic E-state index is 0.0333. The van der Waals surface area contributed by atoms with Gasteiger partial charge in [0.05, 0.1) is 17.0 Å². The molecule has 128 valence electrons. The lowest BCUT2D eigenvalue weighted by molar-refractivity contribution is 0.0685. The van der Waals surface area contributed by atoms with E-state index in [0.717, 1.165) is 41.2 Å². The van der Waals surface area contributed by atoms with Gasteiger partial charge in [0.15, 0.2) is 0 Å². The smallest absolute Gasteiger partial charge is 0.274 e. The summed E-state index contributed by atoms with van der Waals surface area (Å²) in [7, 11) is 0. The predicted molar refractivity (Wildman–Crippen MR) is 95.5 cm³/mol. The van der Waals surface area contributed by atoms with Crippen LogP contribution in [-0.4, -0.2) is 37.3 Å². The number of fused-ring (bicyclic) bond motifs is 1. The normalized spacial score (nSPS) is 16.7. The summed E-state index contributed by atoms with van der Waals surface area (Å²) in [5, 5.41) is 2.89. The maximum Gasteiger partial charge on any atom is 0.274 e. The van der Waals surface area contributed by atoms with Crippen molar-refractivity contribution >= 4 is 17.2 Å². The van der Waals surface area contributed by atoms with Crippen LogP contribution in [0, 0.1) is 0 Å². The summed E-state index contributed by atoms with van der Waals surface area (Å²) < 4.78 is 0. The molecule has 4 rings (SSSR count). The number of imidazole rings is 1. The van der Waals surface area contributed by atoms with Crippen LogP contribution >= 0.6 is 11.3 Å². The number of rotatable bonds is 4. The Morgan fingerprint density at radius 3 is 3.04 bits per heavy atom. The number of aromatic nitrogens is 4. The van der Waals surface area contributed by atoms with Crippen LogP contribution in [0.3, 0.4) is 0 Å². The van der Waals surface area contributed by atoms with E-state index < -0.39 is 0 Å². The first-order valence-corrected chi connectivity index (χ1v) is 9.33. The van der Waals surface area contributed by atoms with Crippen molar-refractivity contribution in [3.05, 3.63) is 63.9 Å². The Balaban J connectivity index is 1.70. The molecule has 0 saturated heterocycles. The summed E-state index contributed by atoms with van der Waals surface area (Å²) in [6, 6.07) is 3.68. The van der Waals surface area contributed by atoms with Gasteiger partial charge >= 0.3 is 0 Å². The second kappa shape index (κ2) is 6.76. The number of H-pyrrole nitrogens is 1. The molecule has 1 atom stereocenters. The molecule has 0 bridgehead atoms. The summed E-state index contributed by atoms with van der Waals surface area (Å²) in [6.45, 7) is 2.76. The molecule has 3 aromatic rings. The summed E-state index contributed by atoms with van der Waals surface area (Å²) in [5.41, 5.74) is 3.55. The van der Waals surface area contributed by atoms with Crippen molar-refractivity contribution in [2.24, 2.45) is 0 Å². The monoisotopic (exact) mass is 353 g/mol. The van der Waals surface area contributed by atoms with Crippen LogP contribution in [-0.2, 0) is 12.8 Å². The number of thiazole rings is 1. The molecule has 1 aliphatic heterocycles. The zero-order valence-electron chi connectivity index (χ0n) is 14.0. The molecule has 6 nitrogen and oxygen atoms in total. The van der Waals surface area contributed by atoms with Gasteiger partial charge in [0.2, 0.25) is 0 Å². The Morgan fingerprint density at radius 2 is 2.24 bits per heavy atom. The Hall–Kier alpha value is -2.54. The second-order valence-corrected chi connectivity index (χ2v) is 7.02. The van der Waals surface area contributed by atoms with Crippen LogP contribution in [0.25, 0.3) is 0 Å². The maximum atomic E-state index is 13.1. The van der Waals surface area contributed by atoms with Crippen molar-refractivity contribution in [2.45, 2.75) is 32.2 Å². The van der Waals surface area contributed by atoms with Gasteiger partial charge in [-0.2, -0.15) is 0 Å². The predicted octanol–water partition coefficient (Wildman–Crippen LogP) is 3.00. The molecule has 0 unspecified atom stereocenters. The highest BCUT2D eigenvalue weighted by atomic mass is 32.1. The third kappa shape index (κ3) is 2.95. The number of aryl methyl sites for hydroxylation is 1. The van der Waals surface area contributed by atoms with Crippen molar-refractivity contribution in [2.75, 3.05) is 6.54 Å². The molecule has 1 amide bonds. The maximum absolute atomic E-state index is 13.1. The lowest BCUT2D eigenvalue weighted by Crippen LogP contribution is -2.41. The number of aromatic amines is 1. The lowest BCUT2D eigenvalue weighted by Gasteiger charge is -2.34. The summed E-state index contributed by atoms with van der Waals surface area (Å²) in [4.78, 5) is 31.3. The fourth-order valence-corrected chi connectivity index (χ4v) is 4.14. The third-order valence-corrected chi connectivity index (χ3v) is 5.35. The van der Waals surface area contributed by atoms with Crippen molar-refractivity contribution in [1.29, 1.82) is 0 Å². The molecule has 0 aromatic carbocycles. The highest BCUT2D eigenvalue weighted by Gasteiger charge is 2.35. The van der Waals surface area contributed by atoms with Crippen LogP contribution in [0.5, 0.6) is 0 Å². The molecule has 1 aliphatic rings. The third-order valence-electron chi connectivity index (χ3n) is 4.44. The number of amides is 1. The Kier molecular flexibility index (Phi) is 4.31. The van der Waals surface area contributed by atoms with E-state index in [1.54, 1.807) is 30.1 Å². The molecular formula is C18H19N5OS. The van der Waals surface area contributed by atoms with Crippen molar-refractivity contribution < 1.29 is 4.79 Å². The van der Waals surface area contributed by atoms with Crippen LogP contribution in [0.15, 0.2) is 36.2 Å². The second-order valence-electron chi connectivity index (χ2n) is 6.07. The number of nitrogens with zero attached hydrogens (tertiary/aromatic N) is 4. The van der Waals surface area contributed by atoms with E-state index in [4.69, 9.17) is 0 Å². The number of nitrogens with one attached hydrogen (secondary N) is 1. The summed E-state index contributed by atoms with van der Waals surface area (Å²) in [5.74, 6) is -0.0333. The average molecular weight is 353 g/mol. The highest BCUT2D eigenvalue weighted by Crippen LogP contribution is 2.34. The molecule has 0 radical (unpaired) electrons. The minimum Gasteiger partial charge on any atom is -0.348 e. The molecule has 4 heterocycles. The van der Waals surface area contributed by atoms with Gasteiger partial charge in [-0.1, -0.05) is 6.92 Å². The molecule has 25 heavy (non-hydrogen) atoms. The average Bonchev–Trinajstić information content (AvgIpc) is 3.30. The molecule has 0 saturated carbocycles.